The number of aromatic nitrogens is 3. The standard InChI is InChI=1S/C19H13ClN4O3S/c1-26-15-10-11(22-17(25)19-21-8-9-28-19)6-7-13(15)16-23-18(27-24-16)12-4-2-3-5-14(12)20/h2-10H,1H3,(H,22,25). The van der Waals surface area contributed by atoms with E-state index in [-0.39, 0.29) is 5.91 Å². The van der Waals surface area contributed by atoms with Crippen molar-refractivity contribution in [2.24, 2.45) is 0 Å². The fourth-order valence-corrected chi connectivity index (χ4v) is 3.30. The minimum Gasteiger partial charge on any atom is -0.496 e. The Kier molecular flexibility index (Phi) is 5.05. The SMILES string of the molecule is COc1cc(NC(=O)c2nccs2)ccc1-c1noc(-c2ccccc2Cl)n1. The third-order valence-corrected chi connectivity index (χ3v) is 4.96. The van der Waals surface area contributed by atoms with Gasteiger partial charge < -0.3 is 14.6 Å². The zero-order chi connectivity index (χ0) is 19.5. The molecule has 28 heavy (non-hydrogen) atoms. The van der Waals surface area contributed by atoms with Crippen molar-refractivity contribution in [3.05, 3.63) is 64.1 Å². The molecule has 0 radical (unpaired) electrons. The summed E-state index contributed by atoms with van der Waals surface area (Å²) in [7, 11) is 1.53. The number of anilines is 1. The Morgan fingerprint density at radius 1 is 1.21 bits per heavy atom. The number of ether oxygens (including phenoxy) is 1. The van der Waals surface area contributed by atoms with E-state index >= 15 is 0 Å². The Morgan fingerprint density at radius 2 is 2.07 bits per heavy atom. The third kappa shape index (κ3) is 3.60. The molecule has 0 bridgehead atoms. The molecule has 0 spiro atoms. The zero-order valence-electron chi connectivity index (χ0n) is 14.5. The van der Waals surface area contributed by atoms with Crippen LogP contribution < -0.4 is 10.1 Å². The molecule has 1 N–H and O–H groups in total. The van der Waals surface area contributed by atoms with Crippen LogP contribution in [0.15, 0.2) is 58.6 Å². The number of carbonyl (C=O) groups excluding carboxylic acids is 1. The summed E-state index contributed by atoms with van der Waals surface area (Å²) in [5.41, 5.74) is 1.83. The normalized spacial score (nSPS) is 10.6. The molecule has 0 unspecified atom stereocenters. The van der Waals surface area contributed by atoms with Gasteiger partial charge in [0.15, 0.2) is 5.01 Å². The van der Waals surface area contributed by atoms with Gasteiger partial charge in [-0.3, -0.25) is 4.79 Å². The van der Waals surface area contributed by atoms with Gasteiger partial charge in [-0.1, -0.05) is 28.9 Å². The van der Waals surface area contributed by atoms with Crippen LogP contribution in [0, 0.1) is 0 Å². The van der Waals surface area contributed by atoms with Crippen LogP contribution in [0.2, 0.25) is 5.02 Å². The van der Waals surface area contributed by atoms with Crippen molar-refractivity contribution in [3.63, 3.8) is 0 Å². The van der Waals surface area contributed by atoms with E-state index in [9.17, 15) is 4.79 Å². The first-order chi connectivity index (χ1) is 13.7. The van der Waals surface area contributed by atoms with Gasteiger partial charge in [0.25, 0.3) is 11.8 Å². The molecule has 0 atom stereocenters. The van der Waals surface area contributed by atoms with E-state index in [0.717, 1.165) is 0 Å². The van der Waals surface area contributed by atoms with Crippen LogP contribution in [0.3, 0.4) is 0 Å². The Balaban J connectivity index is 1.62. The molecule has 4 aromatic rings. The van der Waals surface area contributed by atoms with E-state index in [1.165, 1.54) is 18.4 Å². The molecule has 0 aliphatic rings. The molecule has 0 saturated heterocycles. The highest BCUT2D eigenvalue weighted by Crippen LogP contribution is 2.33. The number of nitrogens with one attached hydrogen (secondary N) is 1. The summed E-state index contributed by atoms with van der Waals surface area (Å²) in [5.74, 6) is 0.863. The molecule has 2 aromatic carbocycles. The highest BCUT2D eigenvalue weighted by atomic mass is 35.5. The molecule has 0 aliphatic carbocycles. The maximum atomic E-state index is 12.2. The van der Waals surface area contributed by atoms with Crippen LogP contribution in [0.5, 0.6) is 5.75 Å². The van der Waals surface area contributed by atoms with E-state index in [2.05, 4.69) is 20.4 Å². The van der Waals surface area contributed by atoms with Crippen molar-refractivity contribution in [2.75, 3.05) is 12.4 Å². The summed E-state index contributed by atoms with van der Waals surface area (Å²) >= 11 is 7.45. The lowest BCUT2D eigenvalue weighted by atomic mass is 10.1. The van der Waals surface area contributed by atoms with E-state index in [1.54, 1.807) is 41.9 Å². The Hall–Kier alpha value is -3.23. The molecule has 4 rings (SSSR count). The molecule has 1 amide bonds. The van der Waals surface area contributed by atoms with Crippen molar-refractivity contribution in [1.82, 2.24) is 15.1 Å². The molecule has 7 nitrogen and oxygen atoms in total. The first-order valence-corrected chi connectivity index (χ1v) is 9.39. The summed E-state index contributed by atoms with van der Waals surface area (Å²) in [4.78, 5) is 20.6. The van der Waals surface area contributed by atoms with Gasteiger partial charge in [-0.05, 0) is 24.3 Å². The molecular weight excluding hydrogens is 400 g/mol. The van der Waals surface area contributed by atoms with Gasteiger partial charge in [-0.25, -0.2) is 4.98 Å². The van der Waals surface area contributed by atoms with Gasteiger partial charge in [0.1, 0.15) is 5.75 Å². The number of carbonyl (C=O) groups is 1. The highest BCUT2D eigenvalue weighted by Gasteiger charge is 2.17. The molecular formula is C19H13ClN4O3S. The van der Waals surface area contributed by atoms with E-state index in [4.69, 9.17) is 20.9 Å². The maximum absolute atomic E-state index is 12.2. The summed E-state index contributed by atoms with van der Waals surface area (Å²) in [6.07, 6.45) is 1.58. The van der Waals surface area contributed by atoms with Gasteiger partial charge in [0.05, 0.1) is 23.3 Å². The lowest BCUT2D eigenvalue weighted by Gasteiger charge is -2.09. The van der Waals surface area contributed by atoms with Gasteiger partial charge >= 0.3 is 0 Å². The molecule has 9 heteroatoms. The van der Waals surface area contributed by atoms with Crippen LogP contribution >= 0.6 is 22.9 Å². The summed E-state index contributed by atoms with van der Waals surface area (Å²) in [6.45, 7) is 0. The lowest BCUT2D eigenvalue weighted by molar-refractivity contribution is 0.102. The number of thiazole rings is 1. The predicted molar refractivity (Wildman–Crippen MR) is 107 cm³/mol. The second kappa shape index (κ2) is 7.79. The molecule has 2 heterocycles. The largest absolute Gasteiger partial charge is 0.496 e. The highest BCUT2D eigenvalue weighted by molar-refractivity contribution is 7.11. The van der Waals surface area contributed by atoms with Gasteiger partial charge in [0, 0.05) is 23.3 Å². The first-order valence-electron chi connectivity index (χ1n) is 8.13. The predicted octanol–water partition coefficient (Wildman–Crippen LogP) is 4.77. The number of rotatable bonds is 5. The second-order valence-corrected chi connectivity index (χ2v) is 6.91. The van der Waals surface area contributed by atoms with Gasteiger partial charge in [0.2, 0.25) is 5.82 Å². The van der Waals surface area contributed by atoms with Crippen LogP contribution in [-0.4, -0.2) is 28.1 Å². The average molecular weight is 413 g/mol. The molecule has 0 saturated carbocycles. The zero-order valence-corrected chi connectivity index (χ0v) is 16.1. The minimum absolute atomic E-state index is 0.287. The van der Waals surface area contributed by atoms with Crippen LogP contribution in [0.4, 0.5) is 5.69 Å². The van der Waals surface area contributed by atoms with E-state index in [0.29, 0.717) is 44.3 Å². The maximum Gasteiger partial charge on any atom is 0.284 e. The number of nitrogens with zero attached hydrogens (tertiary/aromatic N) is 3. The van der Waals surface area contributed by atoms with Crippen LogP contribution in [0.25, 0.3) is 22.8 Å². The number of hydrogen-bond donors (Lipinski definition) is 1. The Labute approximate surface area is 169 Å². The number of amides is 1. The summed E-state index contributed by atoms with van der Waals surface area (Å²) in [5, 5.41) is 9.45. The van der Waals surface area contributed by atoms with Crippen LogP contribution in [-0.2, 0) is 0 Å². The summed E-state index contributed by atoms with van der Waals surface area (Å²) in [6, 6.07) is 12.4. The van der Waals surface area contributed by atoms with E-state index < -0.39 is 0 Å². The molecule has 0 aliphatic heterocycles. The smallest absolute Gasteiger partial charge is 0.284 e. The van der Waals surface area contributed by atoms with Crippen LogP contribution in [0.1, 0.15) is 9.80 Å². The lowest BCUT2D eigenvalue weighted by Crippen LogP contribution is -2.11. The fourth-order valence-electron chi connectivity index (χ4n) is 2.55. The number of methoxy groups -OCH3 is 1. The number of benzene rings is 2. The Bertz CT molecular complexity index is 1130. The monoisotopic (exact) mass is 412 g/mol. The quantitative estimate of drug-likeness (QED) is 0.507. The van der Waals surface area contributed by atoms with Crippen molar-refractivity contribution in [3.8, 4) is 28.6 Å². The molecule has 0 fully saturated rings. The first kappa shape index (κ1) is 18.1. The average Bonchev–Trinajstić information content (AvgIpc) is 3.40. The number of hydrogen-bond acceptors (Lipinski definition) is 7. The van der Waals surface area contributed by atoms with Gasteiger partial charge in [-0.15, -0.1) is 11.3 Å². The topological polar surface area (TPSA) is 90.1 Å². The van der Waals surface area contributed by atoms with Crippen molar-refractivity contribution < 1.29 is 14.1 Å². The van der Waals surface area contributed by atoms with Crippen molar-refractivity contribution in [1.29, 1.82) is 0 Å². The van der Waals surface area contributed by atoms with Crippen molar-refractivity contribution >= 4 is 34.5 Å². The molecule has 140 valence electrons. The number of halogens is 1. The van der Waals surface area contributed by atoms with Gasteiger partial charge in [-0.2, -0.15) is 4.98 Å². The van der Waals surface area contributed by atoms with Crippen molar-refractivity contribution in [2.45, 2.75) is 0 Å². The van der Waals surface area contributed by atoms with E-state index in [1.807, 2.05) is 12.1 Å². The third-order valence-electron chi connectivity index (χ3n) is 3.86. The second-order valence-electron chi connectivity index (χ2n) is 5.61. The fraction of sp³-hybridized carbons (Fsp3) is 0.0526. The minimum atomic E-state index is -0.287. The molecule has 2 aromatic heterocycles. The Morgan fingerprint density at radius 3 is 2.82 bits per heavy atom. The summed E-state index contributed by atoms with van der Waals surface area (Å²) < 4.78 is 10.8.